The van der Waals surface area contributed by atoms with Crippen LogP contribution in [-0.2, 0) is 19.1 Å². The van der Waals surface area contributed by atoms with Gasteiger partial charge >= 0.3 is 0 Å². The quantitative estimate of drug-likeness (QED) is 0.135. The molecule has 5 aliphatic rings. The molecular weight excluding hydrogens is 600 g/mol. The Morgan fingerprint density at radius 2 is 1.78 bits per heavy atom. The second-order valence-corrected chi connectivity index (χ2v) is 14.2. The first-order valence-corrected chi connectivity index (χ1v) is 17.8. The van der Waals surface area contributed by atoms with Crippen LogP contribution in [0, 0.1) is 17.8 Å². The number of hydrogen-bond acceptors (Lipinski definition) is 10. The molecule has 1 saturated heterocycles. The summed E-state index contributed by atoms with van der Waals surface area (Å²) in [5.41, 5.74) is 8.17. The van der Waals surface area contributed by atoms with Gasteiger partial charge in [0.1, 0.15) is 0 Å². The molecule has 256 valence electrons. The normalized spacial score (nSPS) is 38.9. The number of rotatable bonds is 12. The number of alkyl halides is 1. The van der Waals surface area contributed by atoms with Crippen molar-refractivity contribution in [2.75, 3.05) is 32.9 Å². The molecule has 0 aromatic heterocycles. The van der Waals surface area contributed by atoms with E-state index in [-0.39, 0.29) is 53.5 Å². The highest BCUT2D eigenvalue weighted by Crippen LogP contribution is 2.42. The van der Waals surface area contributed by atoms with Crippen LogP contribution in [0.3, 0.4) is 0 Å². The van der Waals surface area contributed by atoms with Gasteiger partial charge in [0.25, 0.3) is 0 Å². The fourth-order valence-electron chi connectivity index (χ4n) is 8.19. The van der Waals surface area contributed by atoms with Gasteiger partial charge in [-0.25, -0.2) is 10.9 Å². The maximum Gasteiger partial charge on any atom is 0.223 e. The van der Waals surface area contributed by atoms with E-state index in [1.807, 2.05) is 6.92 Å². The lowest BCUT2D eigenvalue weighted by molar-refractivity contribution is -0.129. The Labute approximate surface area is 272 Å². The zero-order valence-corrected chi connectivity index (χ0v) is 27.7. The van der Waals surface area contributed by atoms with Crippen LogP contribution in [0.15, 0.2) is 4.99 Å². The second-order valence-electron chi connectivity index (χ2n) is 13.6. The fraction of sp³-hybridized carbons (Fsp3) is 0.906. The topological polar surface area (TPSA) is 157 Å². The predicted molar refractivity (Wildman–Crippen MR) is 172 cm³/mol. The number of nitrogens with one attached hydrogen (secondary N) is 4. The van der Waals surface area contributed by atoms with Gasteiger partial charge < -0.3 is 30.3 Å². The number of aliphatic imine (C=N–C) groups is 1. The minimum absolute atomic E-state index is 0.0367. The Kier molecular flexibility index (Phi) is 12.9. The molecule has 9 atom stereocenters. The van der Waals surface area contributed by atoms with Crippen molar-refractivity contribution in [2.45, 2.75) is 133 Å². The van der Waals surface area contributed by atoms with E-state index in [1.54, 1.807) is 0 Å². The number of nitrogens with zero attached hydrogens (tertiary/aromatic N) is 2. The average molecular weight is 655 g/mol. The Bertz CT molecular complexity index is 1010. The first kappa shape index (κ1) is 34.9. The summed E-state index contributed by atoms with van der Waals surface area (Å²) in [6.45, 7) is 6.47. The lowest BCUT2D eigenvalue weighted by Gasteiger charge is -2.44. The second kappa shape index (κ2) is 16.6. The molecular formula is C32H55ClN6O6. The predicted octanol–water partition coefficient (Wildman–Crippen LogP) is 1.42. The molecule has 0 bridgehead atoms. The third-order valence-electron chi connectivity index (χ3n) is 10.5. The van der Waals surface area contributed by atoms with Gasteiger partial charge in [-0.2, -0.15) is 0 Å². The molecule has 13 heteroatoms. The highest BCUT2D eigenvalue weighted by Gasteiger charge is 2.50. The Balaban J connectivity index is 1.15. The Morgan fingerprint density at radius 1 is 0.978 bits per heavy atom. The number of aliphatic hydroxyl groups is 2. The molecule has 12 nitrogen and oxygen atoms in total. The molecule has 0 spiro atoms. The summed E-state index contributed by atoms with van der Waals surface area (Å²) in [7, 11) is 0. The van der Waals surface area contributed by atoms with E-state index in [1.165, 1.54) is 5.71 Å². The van der Waals surface area contributed by atoms with Crippen LogP contribution >= 0.6 is 11.6 Å². The number of hydrazine groups is 1. The third kappa shape index (κ3) is 8.95. The van der Waals surface area contributed by atoms with E-state index in [0.717, 1.165) is 44.9 Å². The SMILES string of the molecule is CCNC(=O)C[C@@H]1N=C(C2CCC(Cl)CC2)C2CC(OCCOCCNC(=O)C3CCC(O)C(O)C3)CCC2N2C(C)NNC12. The number of carbonyl (C=O) groups excluding carboxylic acids is 2. The number of hydrogen-bond donors (Lipinski definition) is 6. The van der Waals surface area contributed by atoms with Crippen LogP contribution in [0.25, 0.3) is 0 Å². The Hall–Kier alpha value is -1.38. The zero-order chi connectivity index (χ0) is 31.9. The van der Waals surface area contributed by atoms with E-state index in [0.29, 0.717) is 70.6 Å². The summed E-state index contributed by atoms with van der Waals surface area (Å²) in [5.74, 6) is 0.313. The largest absolute Gasteiger partial charge is 0.390 e. The van der Waals surface area contributed by atoms with E-state index < -0.39 is 12.2 Å². The number of amides is 2. The smallest absolute Gasteiger partial charge is 0.223 e. The number of aliphatic hydroxyl groups excluding tert-OH is 2. The molecule has 4 fully saturated rings. The van der Waals surface area contributed by atoms with Crippen molar-refractivity contribution in [2.24, 2.45) is 22.7 Å². The molecule has 0 aromatic rings. The molecule has 3 aliphatic carbocycles. The van der Waals surface area contributed by atoms with Crippen molar-refractivity contribution in [1.82, 2.24) is 26.4 Å². The molecule has 2 aliphatic heterocycles. The molecule has 45 heavy (non-hydrogen) atoms. The first-order chi connectivity index (χ1) is 21.7. The van der Waals surface area contributed by atoms with Crippen molar-refractivity contribution in [3.63, 3.8) is 0 Å². The lowest BCUT2D eigenvalue weighted by Crippen LogP contribution is -2.55. The summed E-state index contributed by atoms with van der Waals surface area (Å²) < 4.78 is 12.1. The van der Waals surface area contributed by atoms with Gasteiger partial charge in [-0.3, -0.25) is 19.5 Å². The van der Waals surface area contributed by atoms with Gasteiger partial charge in [-0.15, -0.1) is 11.6 Å². The van der Waals surface area contributed by atoms with Gasteiger partial charge in [0.2, 0.25) is 11.8 Å². The molecule has 0 aromatic carbocycles. The van der Waals surface area contributed by atoms with Crippen molar-refractivity contribution in [3.8, 4) is 0 Å². The lowest BCUT2D eigenvalue weighted by atomic mass is 9.72. The number of carbonyl (C=O) groups is 2. The van der Waals surface area contributed by atoms with E-state index in [2.05, 4.69) is 33.3 Å². The minimum atomic E-state index is -0.832. The first-order valence-electron chi connectivity index (χ1n) is 17.3. The summed E-state index contributed by atoms with van der Waals surface area (Å²) in [6.07, 6.45) is 7.23. The van der Waals surface area contributed by atoms with Crippen LogP contribution in [0.1, 0.15) is 84.5 Å². The standard InChI is InChI=1S/C32H55ClN6O6/c1-3-34-29(42)18-25-31-38-37-19(2)39(31)26-10-9-23(17-24(26)30(36-25)20-4-7-22(33)8-5-20)45-15-14-44-13-12-35-32(43)21-6-11-27(40)28(41)16-21/h19-28,31,37-38,40-41H,3-18H2,1-2H3,(H,34,42)(H,35,43)/t19?,20?,21?,22?,23?,24?,25-,26?,27?,28?,31?/m0/s1. The summed E-state index contributed by atoms with van der Waals surface area (Å²) in [6, 6.07) is 0.138. The number of ether oxygens (including phenoxy) is 2. The van der Waals surface area contributed by atoms with E-state index >= 15 is 0 Å². The van der Waals surface area contributed by atoms with Crippen molar-refractivity contribution < 1.29 is 29.3 Å². The van der Waals surface area contributed by atoms with Crippen molar-refractivity contribution in [1.29, 1.82) is 0 Å². The van der Waals surface area contributed by atoms with Crippen LogP contribution in [0.4, 0.5) is 0 Å². The summed E-state index contributed by atoms with van der Waals surface area (Å²) in [5, 5.41) is 25.6. The molecule has 0 radical (unpaired) electrons. The van der Waals surface area contributed by atoms with Gasteiger partial charge in [-0.1, -0.05) is 0 Å². The average Bonchev–Trinajstić information content (AvgIpc) is 3.35. The van der Waals surface area contributed by atoms with Gasteiger partial charge in [0, 0.05) is 42.1 Å². The highest BCUT2D eigenvalue weighted by atomic mass is 35.5. The molecule has 2 heterocycles. The van der Waals surface area contributed by atoms with Gasteiger partial charge in [0.15, 0.2) is 0 Å². The Morgan fingerprint density at radius 3 is 2.53 bits per heavy atom. The molecule has 5 rings (SSSR count). The third-order valence-corrected chi connectivity index (χ3v) is 11.0. The molecule has 8 unspecified atom stereocenters. The molecule has 6 N–H and O–H groups in total. The van der Waals surface area contributed by atoms with Crippen LogP contribution in [-0.4, -0.2) is 114 Å². The fourth-order valence-corrected chi connectivity index (χ4v) is 8.44. The van der Waals surface area contributed by atoms with Crippen LogP contribution in [0.5, 0.6) is 0 Å². The monoisotopic (exact) mass is 654 g/mol. The van der Waals surface area contributed by atoms with Gasteiger partial charge in [0.05, 0.1) is 62.9 Å². The van der Waals surface area contributed by atoms with Crippen molar-refractivity contribution >= 4 is 29.1 Å². The summed E-state index contributed by atoms with van der Waals surface area (Å²) >= 11 is 6.52. The maximum atomic E-state index is 12.8. The minimum Gasteiger partial charge on any atom is -0.390 e. The van der Waals surface area contributed by atoms with E-state index in [4.69, 9.17) is 26.1 Å². The van der Waals surface area contributed by atoms with Crippen LogP contribution in [0.2, 0.25) is 0 Å². The summed E-state index contributed by atoms with van der Waals surface area (Å²) in [4.78, 5) is 33.2. The number of halogens is 1. The number of fused-ring (bicyclic) bond motifs is 3. The van der Waals surface area contributed by atoms with E-state index in [9.17, 15) is 19.8 Å². The molecule has 3 saturated carbocycles. The molecule has 2 amide bonds. The van der Waals surface area contributed by atoms with Gasteiger partial charge in [-0.05, 0) is 84.0 Å². The zero-order valence-electron chi connectivity index (χ0n) is 27.0. The van der Waals surface area contributed by atoms with Crippen molar-refractivity contribution in [3.05, 3.63) is 0 Å². The maximum absolute atomic E-state index is 12.8. The highest BCUT2D eigenvalue weighted by molar-refractivity contribution is 6.20. The van der Waals surface area contributed by atoms with Crippen LogP contribution < -0.4 is 21.5 Å².